The van der Waals surface area contributed by atoms with Crippen LogP contribution in [-0.4, -0.2) is 59.9 Å². The Labute approximate surface area is 270 Å². The molecule has 2 aromatic heterocycles. The minimum atomic E-state index is -1.48. The van der Waals surface area contributed by atoms with Crippen LogP contribution in [0.2, 0.25) is 0 Å². The molecule has 1 aliphatic rings. The molecule has 0 aliphatic carbocycles. The van der Waals surface area contributed by atoms with E-state index in [-0.39, 0.29) is 49.9 Å². The number of ether oxygens (including phenoxy) is 6. The molecular formula is C32H25FN4O11. The van der Waals surface area contributed by atoms with Gasteiger partial charge < -0.3 is 28.4 Å². The van der Waals surface area contributed by atoms with Crippen LogP contribution in [0.5, 0.6) is 29.0 Å². The number of carbonyl (C=O) groups excluding carboxylic acids is 3. The number of carbonyl (C=O) groups is 3. The van der Waals surface area contributed by atoms with Crippen LogP contribution in [0.4, 0.5) is 4.39 Å². The van der Waals surface area contributed by atoms with Gasteiger partial charge in [-0.3, -0.25) is 14.2 Å². The van der Waals surface area contributed by atoms with E-state index in [1.165, 1.54) is 63.8 Å². The third-order valence-corrected chi connectivity index (χ3v) is 7.08. The monoisotopic (exact) mass is 660 g/mol. The quantitative estimate of drug-likeness (QED) is 0.239. The third-order valence-electron chi connectivity index (χ3n) is 7.08. The van der Waals surface area contributed by atoms with Crippen LogP contribution in [0.3, 0.4) is 0 Å². The van der Waals surface area contributed by atoms with E-state index in [0.717, 1.165) is 10.6 Å². The fraction of sp³-hybridized carbons (Fsp3) is 0.219. The zero-order valence-electron chi connectivity index (χ0n) is 25.6. The van der Waals surface area contributed by atoms with E-state index in [1.54, 1.807) is 6.07 Å². The Kier molecular flexibility index (Phi) is 9.62. The van der Waals surface area contributed by atoms with E-state index >= 15 is 0 Å². The zero-order chi connectivity index (χ0) is 34.5. The van der Waals surface area contributed by atoms with Gasteiger partial charge in [0.1, 0.15) is 17.9 Å². The Morgan fingerprint density at radius 3 is 2.25 bits per heavy atom. The first-order valence-electron chi connectivity index (χ1n) is 14.1. The number of pyridine rings is 1. The maximum atomic E-state index is 14.5. The van der Waals surface area contributed by atoms with Gasteiger partial charge in [-0.1, -0.05) is 6.07 Å². The Bertz CT molecular complexity index is 2070. The van der Waals surface area contributed by atoms with Crippen LogP contribution in [0.1, 0.15) is 55.7 Å². The summed E-state index contributed by atoms with van der Waals surface area (Å²) in [6, 6.07) is 11.6. The van der Waals surface area contributed by atoms with Crippen LogP contribution in [0, 0.1) is 17.1 Å². The minimum absolute atomic E-state index is 0.00406. The third kappa shape index (κ3) is 6.48. The number of benzene rings is 2. The predicted octanol–water partition coefficient (Wildman–Crippen LogP) is 2.88. The molecule has 4 aromatic rings. The number of nitriles is 1. The zero-order valence-corrected chi connectivity index (χ0v) is 25.6. The molecule has 0 radical (unpaired) electrons. The highest BCUT2D eigenvalue weighted by molar-refractivity contribution is 5.99. The molecule has 1 aliphatic heterocycles. The summed E-state index contributed by atoms with van der Waals surface area (Å²) < 4.78 is 47.2. The molecule has 16 heteroatoms. The van der Waals surface area contributed by atoms with Crippen molar-refractivity contribution in [2.24, 2.45) is 0 Å². The summed E-state index contributed by atoms with van der Waals surface area (Å²) in [5, 5.41) is 9.56. The molecule has 0 amide bonds. The summed E-state index contributed by atoms with van der Waals surface area (Å²) >= 11 is 0. The van der Waals surface area contributed by atoms with Gasteiger partial charge >= 0.3 is 17.6 Å². The maximum absolute atomic E-state index is 14.5. The lowest BCUT2D eigenvalue weighted by atomic mass is 10.1. The van der Waals surface area contributed by atoms with Crippen molar-refractivity contribution in [3.05, 3.63) is 104 Å². The van der Waals surface area contributed by atoms with Crippen molar-refractivity contribution in [3.8, 4) is 35.1 Å². The number of hydrogen-bond acceptors (Lipinski definition) is 13. The van der Waals surface area contributed by atoms with Crippen molar-refractivity contribution in [3.63, 3.8) is 0 Å². The average molecular weight is 661 g/mol. The molecule has 1 unspecified atom stereocenters. The van der Waals surface area contributed by atoms with Gasteiger partial charge in [0.15, 0.2) is 11.5 Å². The van der Waals surface area contributed by atoms with Crippen LogP contribution >= 0.6 is 0 Å². The Morgan fingerprint density at radius 1 is 0.938 bits per heavy atom. The molecule has 0 bridgehead atoms. The standard InChI is InChI=1S/C32H25FN4O11/c1-43-22-13-20(14-23(44-2)26(22)45-3)31(41)47-24-10-9-19(15-34)27(35-24)48-30(40)18-7-4-6-17(12-18)28(38)37-29(39)21(33)16-36(32(37)42)25-8-5-11-46-25/h4,6-7,9-10,12-14,16,25H,5,8,11H2,1-3H3. The smallest absolute Gasteiger partial charge is 0.345 e. The molecule has 3 heterocycles. The molecular weight excluding hydrogens is 635 g/mol. The first-order valence-corrected chi connectivity index (χ1v) is 14.1. The number of nitrogens with zero attached hydrogens (tertiary/aromatic N) is 4. The molecule has 1 saturated heterocycles. The fourth-order valence-corrected chi connectivity index (χ4v) is 4.76. The summed E-state index contributed by atoms with van der Waals surface area (Å²) in [4.78, 5) is 68.9. The minimum Gasteiger partial charge on any atom is -0.493 e. The topological polar surface area (TPSA) is 187 Å². The predicted molar refractivity (Wildman–Crippen MR) is 160 cm³/mol. The van der Waals surface area contributed by atoms with Gasteiger partial charge in [-0.15, -0.1) is 0 Å². The number of esters is 2. The van der Waals surface area contributed by atoms with Gasteiger partial charge in [0.2, 0.25) is 23.3 Å². The maximum Gasteiger partial charge on any atom is 0.345 e. The summed E-state index contributed by atoms with van der Waals surface area (Å²) in [5.74, 6) is -4.83. The van der Waals surface area contributed by atoms with Crippen LogP contribution in [0.25, 0.3) is 0 Å². The summed E-state index contributed by atoms with van der Waals surface area (Å²) in [6.07, 6.45) is 0.800. The summed E-state index contributed by atoms with van der Waals surface area (Å²) in [6.45, 7) is 0.316. The summed E-state index contributed by atoms with van der Waals surface area (Å²) in [5.41, 5.74) is -3.38. The van der Waals surface area contributed by atoms with Gasteiger partial charge in [0, 0.05) is 18.2 Å². The number of aromatic nitrogens is 3. The van der Waals surface area contributed by atoms with Gasteiger partial charge in [-0.05, 0) is 49.2 Å². The molecule has 0 spiro atoms. The highest BCUT2D eigenvalue weighted by atomic mass is 19.1. The lowest BCUT2D eigenvalue weighted by Gasteiger charge is -2.15. The number of methoxy groups -OCH3 is 3. The van der Waals surface area contributed by atoms with Crippen molar-refractivity contribution in [2.75, 3.05) is 27.9 Å². The van der Waals surface area contributed by atoms with Crippen LogP contribution in [0.15, 0.2) is 64.3 Å². The first-order chi connectivity index (χ1) is 23.1. The van der Waals surface area contributed by atoms with E-state index in [1.807, 2.05) is 0 Å². The lowest BCUT2D eigenvalue weighted by molar-refractivity contribution is 0.0501. The normalized spacial score (nSPS) is 13.7. The Hall–Kier alpha value is -6.34. The molecule has 246 valence electrons. The van der Waals surface area contributed by atoms with Crippen molar-refractivity contribution < 1.29 is 47.2 Å². The second-order valence-corrected chi connectivity index (χ2v) is 9.97. The van der Waals surface area contributed by atoms with Gasteiger partial charge in [0.05, 0.1) is 38.7 Å². The van der Waals surface area contributed by atoms with Crippen molar-refractivity contribution in [1.82, 2.24) is 14.1 Å². The number of rotatable bonds is 9. The van der Waals surface area contributed by atoms with Crippen LogP contribution in [-0.2, 0) is 4.74 Å². The molecule has 48 heavy (non-hydrogen) atoms. The second kappa shape index (κ2) is 14.0. The largest absolute Gasteiger partial charge is 0.493 e. The van der Waals surface area contributed by atoms with Gasteiger partial charge in [0.25, 0.3) is 11.5 Å². The van der Waals surface area contributed by atoms with Crippen molar-refractivity contribution >= 4 is 17.8 Å². The van der Waals surface area contributed by atoms with E-state index in [0.29, 0.717) is 25.6 Å². The van der Waals surface area contributed by atoms with Crippen molar-refractivity contribution in [2.45, 2.75) is 19.1 Å². The van der Waals surface area contributed by atoms with E-state index in [4.69, 9.17) is 28.4 Å². The van der Waals surface area contributed by atoms with Crippen LogP contribution < -0.4 is 34.9 Å². The summed E-state index contributed by atoms with van der Waals surface area (Å²) in [7, 11) is 4.13. The van der Waals surface area contributed by atoms with Gasteiger partial charge in [-0.2, -0.15) is 19.2 Å². The molecule has 2 aromatic carbocycles. The molecule has 1 atom stereocenters. The fourth-order valence-electron chi connectivity index (χ4n) is 4.76. The second-order valence-electron chi connectivity index (χ2n) is 9.97. The number of hydrogen-bond donors (Lipinski definition) is 0. The average Bonchev–Trinajstić information content (AvgIpc) is 3.64. The first kappa shape index (κ1) is 33.0. The Morgan fingerprint density at radius 2 is 1.62 bits per heavy atom. The highest BCUT2D eigenvalue weighted by Gasteiger charge is 2.26. The molecule has 0 saturated carbocycles. The van der Waals surface area contributed by atoms with Gasteiger partial charge in [-0.25, -0.2) is 14.4 Å². The highest BCUT2D eigenvalue weighted by Crippen LogP contribution is 2.38. The van der Waals surface area contributed by atoms with E-state index in [9.17, 15) is 33.6 Å². The lowest BCUT2D eigenvalue weighted by Crippen LogP contribution is -2.46. The van der Waals surface area contributed by atoms with E-state index in [2.05, 4.69) is 4.98 Å². The SMILES string of the molecule is COc1cc(C(=O)Oc2ccc(C#N)c(OC(=O)c3cccc(C(=O)n4c(=O)c(F)cn(C5CCCO5)c4=O)c3)n2)cc(OC)c1OC. The number of halogens is 1. The molecule has 5 rings (SSSR count). The Balaban J connectivity index is 1.39. The molecule has 0 N–H and O–H groups in total. The molecule has 1 fully saturated rings. The van der Waals surface area contributed by atoms with E-state index < -0.39 is 47.0 Å². The van der Waals surface area contributed by atoms with Crippen molar-refractivity contribution in [1.29, 1.82) is 5.26 Å². The molecule has 15 nitrogen and oxygen atoms in total.